The van der Waals surface area contributed by atoms with Crippen LogP contribution in [0.4, 0.5) is 0 Å². The van der Waals surface area contributed by atoms with E-state index in [-0.39, 0.29) is 6.04 Å². The Morgan fingerprint density at radius 1 is 1.33 bits per heavy atom. The van der Waals surface area contributed by atoms with E-state index in [4.69, 9.17) is 10.2 Å². The van der Waals surface area contributed by atoms with E-state index >= 15 is 0 Å². The zero-order valence-corrected chi connectivity index (χ0v) is 13.0. The minimum absolute atomic E-state index is 0.158. The van der Waals surface area contributed by atoms with E-state index in [0.29, 0.717) is 12.6 Å². The lowest BCUT2D eigenvalue weighted by Gasteiger charge is -2.38. The Morgan fingerprint density at radius 3 is 2.71 bits per heavy atom. The number of benzene rings is 1. The Balaban J connectivity index is 1.80. The molecule has 0 spiro atoms. The Bertz CT molecular complexity index is 553. The van der Waals surface area contributed by atoms with Crippen LogP contribution in [0, 0.1) is 0 Å². The van der Waals surface area contributed by atoms with Gasteiger partial charge in [-0.15, -0.1) is 0 Å². The van der Waals surface area contributed by atoms with Crippen LogP contribution < -0.4 is 5.73 Å². The van der Waals surface area contributed by atoms with Crippen molar-refractivity contribution in [2.24, 2.45) is 5.73 Å². The van der Waals surface area contributed by atoms with E-state index < -0.39 is 0 Å². The van der Waals surface area contributed by atoms with Crippen molar-refractivity contribution in [1.29, 1.82) is 0 Å². The maximum Gasteiger partial charge on any atom is 0.134 e. The molecule has 4 nitrogen and oxygen atoms in total. The third-order valence-corrected chi connectivity index (χ3v) is 4.75. The second kappa shape index (κ2) is 6.18. The van der Waals surface area contributed by atoms with Crippen LogP contribution in [0.15, 0.2) is 34.7 Å². The van der Waals surface area contributed by atoms with Gasteiger partial charge in [0.15, 0.2) is 0 Å². The molecule has 1 fully saturated rings. The Hall–Kier alpha value is -1.36. The van der Waals surface area contributed by atoms with Crippen LogP contribution in [0.3, 0.4) is 0 Å². The molecule has 1 saturated heterocycles. The van der Waals surface area contributed by atoms with E-state index in [2.05, 4.69) is 36.0 Å². The van der Waals surface area contributed by atoms with Gasteiger partial charge in [0.05, 0.1) is 6.04 Å². The van der Waals surface area contributed by atoms with Crippen LogP contribution in [0.5, 0.6) is 0 Å². The molecule has 1 aromatic carbocycles. The van der Waals surface area contributed by atoms with Crippen LogP contribution >= 0.6 is 0 Å². The number of nitrogens with two attached hydrogens (primary N) is 1. The van der Waals surface area contributed by atoms with Crippen LogP contribution in [0.25, 0.3) is 11.0 Å². The molecule has 0 bridgehead atoms. The van der Waals surface area contributed by atoms with Gasteiger partial charge in [-0.05, 0) is 52.2 Å². The van der Waals surface area contributed by atoms with Gasteiger partial charge in [-0.25, -0.2) is 0 Å². The molecule has 1 unspecified atom stereocenters. The molecule has 0 aliphatic carbocycles. The average Bonchev–Trinajstić information content (AvgIpc) is 2.92. The molecular weight excluding hydrogens is 262 g/mol. The molecule has 0 amide bonds. The lowest BCUT2D eigenvalue weighted by Crippen LogP contribution is -2.44. The smallest absolute Gasteiger partial charge is 0.134 e. The zero-order valence-electron chi connectivity index (χ0n) is 13.0. The van der Waals surface area contributed by atoms with E-state index in [1.807, 2.05) is 18.2 Å². The van der Waals surface area contributed by atoms with Gasteiger partial charge in [-0.1, -0.05) is 18.2 Å². The summed E-state index contributed by atoms with van der Waals surface area (Å²) in [6.07, 6.45) is 2.40. The van der Waals surface area contributed by atoms with E-state index in [0.717, 1.165) is 29.8 Å². The van der Waals surface area contributed by atoms with Crippen molar-refractivity contribution in [3.05, 3.63) is 36.1 Å². The number of hydrogen-bond acceptors (Lipinski definition) is 4. The van der Waals surface area contributed by atoms with Crippen molar-refractivity contribution in [3.63, 3.8) is 0 Å². The van der Waals surface area contributed by atoms with Crippen molar-refractivity contribution < 1.29 is 4.42 Å². The topological polar surface area (TPSA) is 45.6 Å². The number of fused-ring (bicyclic) bond motifs is 1. The van der Waals surface area contributed by atoms with Crippen LogP contribution in [0.2, 0.25) is 0 Å². The van der Waals surface area contributed by atoms with Gasteiger partial charge >= 0.3 is 0 Å². The average molecular weight is 287 g/mol. The molecule has 2 aromatic rings. The monoisotopic (exact) mass is 287 g/mol. The summed E-state index contributed by atoms with van der Waals surface area (Å²) in [5.41, 5.74) is 7.00. The van der Waals surface area contributed by atoms with Crippen molar-refractivity contribution in [3.8, 4) is 0 Å². The molecule has 1 atom stereocenters. The van der Waals surface area contributed by atoms with Gasteiger partial charge in [0.1, 0.15) is 11.3 Å². The normalized spacial score (nSPS) is 19.4. The van der Waals surface area contributed by atoms with Crippen LogP contribution in [-0.4, -0.2) is 49.6 Å². The molecule has 1 aliphatic rings. The maximum atomic E-state index is 6.05. The molecular formula is C17H25N3O. The lowest BCUT2D eigenvalue weighted by atomic mass is 10.0. The molecule has 21 heavy (non-hydrogen) atoms. The number of para-hydroxylation sites is 1. The second-order valence-corrected chi connectivity index (χ2v) is 6.14. The molecule has 0 radical (unpaired) electrons. The lowest BCUT2D eigenvalue weighted by molar-refractivity contribution is 0.101. The molecule has 1 aliphatic heterocycles. The summed E-state index contributed by atoms with van der Waals surface area (Å²) in [6.45, 7) is 2.90. The van der Waals surface area contributed by atoms with E-state index in [1.165, 1.54) is 12.8 Å². The third kappa shape index (κ3) is 2.98. The van der Waals surface area contributed by atoms with E-state index in [9.17, 15) is 0 Å². The SMILES string of the molecule is CN1CCC(N(C)C(CN)c2cc3ccccc3o2)CC1. The molecule has 0 saturated carbocycles. The first-order valence-corrected chi connectivity index (χ1v) is 7.78. The molecule has 114 valence electrons. The quantitative estimate of drug-likeness (QED) is 0.938. The molecule has 1 aromatic heterocycles. The Kier molecular flexibility index (Phi) is 4.29. The van der Waals surface area contributed by atoms with Crippen LogP contribution in [0.1, 0.15) is 24.6 Å². The van der Waals surface area contributed by atoms with Gasteiger partial charge in [0, 0.05) is 18.0 Å². The number of likely N-dealkylation sites (tertiary alicyclic amines) is 1. The summed E-state index contributed by atoms with van der Waals surface area (Å²) in [4.78, 5) is 4.80. The van der Waals surface area contributed by atoms with Crippen molar-refractivity contribution >= 4 is 11.0 Å². The maximum absolute atomic E-state index is 6.05. The highest BCUT2D eigenvalue weighted by molar-refractivity contribution is 5.77. The second-order valence-electron chi connectivity index (χ2n) is 6.14. The van der Waals surface area contributed by atoms with Gasteiger partial charge < -0.3 is 15.1 Å². The minimum atomic E-state index is 0.158. The van der Waals surface area contributed by atoms with Crippen molar-refractivity contribution in [1.82, 2.24) is 9.80 Å². The number of rotatable bonds is 4. The first-order chi connectivity index (χ1) is 10.2. The number of hydrogen-bond donors (Lipinski definition) is 1. The highest BCUT2D eigenvalue weighted by Gasteiger charge is 2.28. The van der Waals surface area contributed by atoms with Crippen molar-refractivity contribution in [2.45, 2.75) is 24.9 Å². The highest BCUT2D eigenvalue weighted by Crippen LogP contribution is 2.29. The Labute approximate surface area is 126 Å². The van der Waals surface area contributed by atoms with Gasteiger partial charge in [0.2, 0.25) is 0 Å². The molecule has 2 heterocycles. The largest absolute Gasteiger partial charge is 0.459 e. The highest BCUT2D eigenvalue weighted by atomic mass is 16.3. The Morgan fingerprint density at radius 2 is 2.05 bits per heavy atom. The molecule has 4 heteroatoms. The number of nitrogens with zero attached hydrogens (tertiary/aromatic N) is 2. The summed E-state index contributed by atoms with van der Waals surface area (Å²) in [6, 6.07) is 11.0. The predicted molar refractivity (Wildman–Crippen MR) is 86.3 cm³/mol. The summed E-state index contributed by atoms with van der Waals surface area (Å²) in [5, 5.41) is 1.16. The first-order valence-electron chi connectivity index (χ1n) is 7.78. The summed E-state index contributed by atoms with van der Waals surface area (Å²) in [7, 11) is 4.37. The molecule has 2 N–H and O–H groups in total. The van der Waals surface area contributed by atoms with Gasteiger partial charge in [-0.3, -0.25) is 4.90 Å². The van der Waals surface area contributed by atoms with Gasteiger partial charge in [0.25, 0.3) is 0 Å². The van der Waals surface area contributed by atoms with Crippen molar-refractivity contribution in [2.75, 3.05) is 33.7 Å². The fourth-order valence-electron chi connectivity index (χ4n) is 3.31. The number of furan rings is 1. The number of piperidine rings is 1. The van der Waals surface area contributed by atoms with Gasteiger partial charge in [-0.2, -0.15) is 0 Å². The van der Waals surface area contributed by atoms with Crippen LogP contribution in [-0.2, 0) is 0 Å². The third-order valence-electron chi connectivity index (χ3n) is 4.75. The first kappa shape index (κ1) is 14.6. The fraction of sp³-hybridized carbons (Fsp3) is 0.529. The minimum Gasteiger partial charge on any atom is -0.459 e. The number of likely N-dealkylation sites (N-methyl/N-ethyl adjacent to an activating group) is 1. The summed E-state index contributed by atoms with van der Waals surface area (Å²) >= 11 is 0. The zero-order chi connectivity index (χ0) is 14.8. The summed E-state index contributed by atoms with van der Waals surface area (Å²) < 4.78 is 6.02. The fourth-order valence-corrected chi connectivity index (χ4v) is 3.31. The standard InChI is InChI=1S/C17H25N3O/c1-19-9-7-14(8-10-19)20(2)15(12-18)17-11-13-5-3-4-6-16(13)21-17/h3-6,11,14-15H,7-10,12,18H2,1-2H3. The summed E-state index contributed by atoms with van der Waals surface area (Å²) in [5.74, 6) is 0.986. The van der Waals surface area contributed by atoms with E-state index in [1.54, 1.807) is 0 Å². The molecule has 3 rings (SSSR count). The predicted octanol–water partition coefficient (Wildman–Crippen LogP) is 2.46.